The second kappa shape index (κ2) is 7.27. The number of hydrogen-bond donors (Lipinski definition) is 1. The van der Waals surface area contributed by atoms with Crippen molar-refractivity contribution in [3.8, 4) is 6.07 Å². The maximum absolute atomic E-state index is 12.1. The number of aromatic amines is 1. The minimum absolute atomic E-state index is 0.0410. The van der Waals surface area contributed by atoms with E-state index in [2.05, 4.69) is 14.9 Å². The molecule has 0 atom stereocenters. The lowest BCUT2D eigenvalue weighted by atomic mass is 10.2. The SMILES string of the molecule is N#CCCC(=O)N1CCN(c2cc(N(C=O)C3CC3)nc3[nH]ccc23)CC1. The predicted molar refractivity (Wildman–Crippen MR) is 101 cm³/mol. The number of aromatic nitrogens is 2. The summed E-state index contributed by atoms with van der Waals surface area (Å²) in [6, 6.07) is 6.26. The number of piperazine rings is 1. The molecule has 0 spiro atoms. The summed E-state index contributed by atoms with van der Waals surface area (Å²) in [5.74, 6) is 0.712. The first-order chi connectivity index (χ1) is 13.2. The van der Waals surface area contributed by atoms with E-state index in [1.807, 2.05) is 29.3 Å². The molecule has 0 radical (unpaired) electrons. The molecule has 8 heteroatoms. The van der Waals surface area contributed by atoms with Gasteiger partial charge in [0.25, 0.3) is 0 Å². The summed E-state index contributed by atoms with van der Waals surface area (Å²) in [6.07, 6.45) is 5.30. The lowest BCUT2D eigenvalue weighted by molar-refractivity contribution is -0.131. The van der Waals surface area contributed by atoms with Crippen LogP contribution in [0.2, 0.25) is 0 Å². The van der Waals surface area contributed by atoms with E-state index in [1.165, 1.54) is 0 Å². The van der Waals surface area contributed by atoms with E-state index in [-0.39, 0.29) is 24.8 Å². The Hall–Kier alpha value is -3.08. The van der Waals surface area contributed by atoms with Crippen molar-refractivity contribution in [2.75, 3.05) is 36.0 Å². The highest BCUT2D eigenvalue weighted by Gasteiger charge is 2.31. The summed E-state index contributed by atoms with van der Waals surface area (Å²) in [7, 11) is 0. The molecule has 0 unspecified atom stereocenters. The van der Waals surface area contributed by atoms with Gasteiger partial charge in [-0.25, -0.2) is 4.98 Å². The summed E-state index contributed by atoms with van der Waals surface area (Å²) >= 11 is 0. The molecule has 1 N–H and O–H groups in total. The fourth-order valence-corrected chi connectivity index (χ4v) is 3.60. The molecular formula is C19H22N6O2. The average molecular weight is 366 g/mol. The first-order valence-electron chi connectivity index (χ1n) is 9.32. The average Bonchev–Trinajstić information content (AvgIpc) is 3.42. The van der Waals surface area contributed by atoms with E-state index >= 15 is 0 Å². The zero-order valence-corrected chi connectivity index (χ0v) is 15.1. The Labute approximate surface area is 157 Å². The zero-order chi connectivity index (χ0) is 18.8. The number of fused-ring (bicyclic) bond motifs is 1. The smallest absolute Gasteiger partial charge is 0.223 e. The number of nitriles is 1. The molecule has 140 valence electrons. The van der Waals surface area contributed by atoms with E-state index in [0.717, 1.165) is 36.0 Å². The standard InChI is InChI=1S/C19H22N6O2/c20-6-1-2-18(27)24-10-8-23(9-11-24)16-12-17(25(13-26)14-3-4-14)22-19-15(16)5-7-21-19/h5,7,12-14H,1-4,8-11H2,(H,21,22). The fraction of sp³-hybridized carbons (Fsp3) is 0.474. The van der Waals surface area contributed by atoms with Crippen LogP contribution in [0.5, 0.6) is 0 Å². The summed E-state index contributed by atoms with van der Waals surface area (Å²) < 4.78 is 0. The molecule has 2 aliphatic rings. The Bertz CT molecular complexity index is 889. The Morgan fingerprint density at radius 1 is 1.37 bits per heavy atom. The van der Waals surface area contributed by atoms with E-state index in [0.29, 0.717) is 32.0 Å². The van der Waals surface area contributed by atoms with Crippen molar-refractivity contribution in [3.05, 3.63) is 18.3 Å². The zero-order valence-electron chi connectivity index (χ0n) is 15.1. The van der Waals surface area contributed by atoms with Gasteiger partial charge in [0.15, 0.2) is 0 Å². The van der Waals surface area contributed by atoms with Gasteiger partial charge in [0, 0.05) is 62.7 Å². The van der Waals surface area contributed by atoms with E-state index in [4.69, 9.17) is 5.26 Å². The molecule has 0 aromatic carbocycles. The number of nitrogens with one attached hydrogen (secondary N) is 1. The van der Waals surface area contributed by atoms with Crippen molar-refractivity contribution in [2.45, 2.75) is 31.7 Å². The minimum Gasteiger partial charge on any atom is -0.367 e. The molecule has 3 heterocycles. The topological polar surface area (TPSA) is 96.3 Å². The second-order valence-electron chi connectivity index (χ2n) is 7.01. The first kappa shape index (κ1) is 17.3. The van der Waals surface area contributed by atoms with Crippen molar-refractivity contribution in [1.29, 1.82) is 5.26 Å². The lowest BCUT2D eigenvalue weighted by Gasteiger charge is -2.36. The molecule has 2 fully saturated rings. The van der Waals surface area contributed by atoms with Crippen LogP contribution >= 0.6 is 0 Å². The third-order valence-electron chi connectivity index (χ3n) is 5.24. The third-order valence-corrected chi connectivity index (χ3v) is 5.24. The van der Waals surface area contributed by atoms with Gasteiger partial charge in [-0.05, 0) is 18.9 Å². The maximum atomic E-state index is 12.1. The summed E-state index contributed by atoms with van der Waals surface area (Å²) in [5, 5.41) is 9.67. The van der Waals surface area contributed by atoms with Gasteiger partial charge in [-0.2, -0.15) is 5.26 Å². The summed E-state index contributed by atoms with van der Waals surface area (Å²) in [5.41, 5.74) is 1.80. The number of nitrogens with zero attached hydrogens (tertiary/aromatic N) is 5. The predicted octanol–water partition coefficient (Wildman–Crippen LogP) is 1.64. The van der Waals surface area contributed by atoms with Crippen LogP contribution in [0.15, 0.2) is 18.3 Å². The van der Waals surface area contributed by atoms with Gasteiger partial charge in [0.1, 0.15) is 11.5 Å². The van der Waals surface area contributed by atoms with Gasteiger partial charge in [0.2, 0.25) is 12.3 Å². The van der Waals surface area contributed by atoms with Crippen molar-refractivity contribution >= 4 is 34.9 Å². The van der Waals surface area contributed by atoms with E-state index < -0.39 is 0 Å². The van der Waals surface area contributed by atoms with Crippen LogP contribution < -0.4 is 9.80 Å². The molecule has 27 heavy (non-hydrogen) atoms. The summed E-state index contributed by atoms with van der Waals surface area (Å²) in [4.78, 5) is 37.2. The molecule has 0 bridgehead atoms. The molecule has 1 saturated heterocycles. The molecular weight excluding hydrogens is 344 g/mol. The van der Waals surface area contributed by atoms with Gasteiger partial charge in [-0.1, -0.05) is 0 Å². The Morgan fingerprint density at radius 2 is 2.15 bits per heavy atom. The number of H-pyrrole nitrogens is 1. The van der Waals surface area contributed by atoms with Crippen LogP contribution in [0.1, 0.15) is 25.7 Å². The van der Waals surface area contributed by atoms with Gasteiger partial charge in [-0.15, -0.1) is 0 Å². The van der Waals surface area contributed by atoms with E-state index in [1.54, 1.807) is 4.90 Å². The first-order valence-corrected chi connectivity index (χ1v) is 9.32. The highest BCUT2D eigenvalue weighted by atomic mass is 16.2. The minimum atomic E-state index is 0.0410. The quantitative estimate of drug-likeness (QED) is 0.784. The molecule has 8 nitrogen and oxygen atoms in total. The van der Waals surface area contributed by atoms with Crippen LogP contribution in [0.4, 0.5) is 11.5 Å². The van der Waals surface area contributed by atoms with Crippen LogP contribution in [-0.2, 0) is 9.59 Å². The van der Waals surface area contributed by atoms with Gasteiger partial charge in [-0.3, -0.25) is 14.5 Å². The molecule has 1 saturated carbocycles. The van der Waals surface area contributed by atoms with Crippen molar-refractivity contribution < 1.29 is 9.59 Å². The molecule has 2 amide bonds. The van der Waals surface area contributed by atoms with Crippen LogP contribution in [0.25, 0.3) is 11.0 Å². The lowest BCUT2D eigenvalue weighted by Crippen LogP contribution is -2.48. The third kappa shape index (κ3) is 3.45. The maximum Gasteiger partial charge on any atom is 0.223 e. The highest BCUT2D eigenvalue weighted by molar-refractivity contribution is 5.93. The van der Waals surface area contributed by atoms with Gasteiger partial charge in [0.05, 0.1) is 11.8 Å². The van der Waals surface area contributed by atoms with Gasteiger partial charge < -0.3 is 14.8 Å². The number of rotatable bonds is 6. The van der Waals surface area contributed by atoms with Crippen LogP contribution in [-0.4, -0.2) is 59.4 Å². The Balaban J connectivity index is 1.55. The number of carbonyl (C=O) groups excluding carboxylic acids is 2. The fourth-order valence-electron chi connectivity index (χ4n) is 3.60. The van der Waals surface area contributed by atoms with Gasteiger partial charge >= 0.3 is 0 Å². The monoisotopic (exact) mass is 366 g/mol. The Morgan fingerprint density at radius 3 is 2.81 bits per heavy atom. The van der Waals surface area contributed by atoms with Crippen molar-refractivity contribution in [2.24, 2.45) is 0 Å². The number of pyridine rings is 1. The molecule has 2 aromatic rings. The van der Waals surface area contributed by atoms with Crippen LogP contribution in [0, 0.1) is 11.3 Å². The Kier molecular flexibility index (Phi) is 4.67. The summed E-state index contributed by atoms with van der Waals surface area (Å²) in [6.45, 7) is 2.70. The largest absolute Gasteiger partial charge is 0.367 e. The highest BCUT2D eigenvalue weighted by Crippen LogP contribution is 2.34. The number of amides is 2. The second-order valence-corrected chi connectivity index (χ2v) is 7.01. The molecule has 1 aliphatic carbocycles. The van der Waals surface area contributed by atoms with Crippen LogP contribution in [0.3, 0.4) is 0 Å². The number of carbonyl (C=O) groups is 2. The van der Waals surface area contributed by atoms with Crippen molar-refractivity contribution in [1.82, 2.24) is 14.9 Å². The molecule has 2 aromatic heterocycles. The van der Waals surface area contributed by atoms with Crippen molar-refractivity contribution in [3.63, 3.8) is 0 Å². The number of hydrogen-bond acceptors (Lipinski definition) is 5. The normalized spacial score (nSPS) is 17.0. The molecule has 4 rings (SSSR count). The number of anilines is 2. The molecule has 1 aliphatic heterocycles. The van der Waals surface area contributed by atoms with E-state index in [9.17, 15) is 9.59 Å².